The molecule has 1 rings (SSSR count). The van der Waals surface area contributed by atoms with Crippen molar-refractivity contribution in [2.24, 2.45) is 5.92 Å². The van der Waals surface area contributed by atoms with Gasteiger partial charge in [0.2, 0.25) is 0 Å². The Labute approximate surface area is 101 Å². The summed E-state index contributed by atoms with van der Waals surface area (Å²) < 4.78 is 1.49. The Kier molecular flexibility index (Phi) is 4.24. The Morgan fingerprint density at radius 3 is 2.40 bits per heavy atom. The third-order valence-electron chi connectivity index (χ3n) is 2.39. The predicted octanol–water partition coefficient (Wildman–Crippen LogP) is 3.48. The first-order chi connectivity index (χ1) is 6.80. The molecule has 1 nitrogen and oxygen atoms in total. The topological polar surface area (TPSA) is 12.9 Å². The summed E-state index contributed by atoms with van der Waals surface area (Å²) in [6.07, 6.45) is 3.11. The second-order valence-electron chi connectivity index (χ2n) is 5.51. The molecule has 0 unspecified atom stereocenters. The summed E-state index contributed by atoms with van der Waals surface area (Å²) in [4.78, 5) is 4.23. The number of halogens is 1. The van der Waals surface area contributed by atoms with Gasteiger partial charge >= 0.3 is 101 Å². The third kappa shape index (κ3) is 3.80. The van der Waals surface area contributed by atoms with Crippen molar-refractivity contribution in [3.63, 3.8) is 0 Å². The van der Waals surface area contributed by atoms with E-state index in [1.165, 1.54) is 9.96 Å². The van der Waals surface area contributed by atoms with E-state index in [1.54, 1.807) is 0 Å². The maximum absolute atomic E-state index is 5.96. The van der Waals surface area contributed by atoms with Gasteiger partial charge < -0.3 is 0 Å². The first-order valence-corrected chi connectivity index (χ1v) is 13.2. The van der Waals surface area contributed by atoms with Gasteiger partial charge in [-0.2, -0.15) is 0 Å². The summed E-state index contributed by atoms with van der Waals surface area (Å²) in [5.74, 6) is 7.87. The molecule has 0 radical (unpaired) electrons. The molecular formula is C12H20ClGeN. The van der Waals surface area contributed by atoms with E-state index in [4.69, 9.17) is 11.6 Å². The molecule has 0 N–H and O–H groups in total. The first kappa shape index (κ1) is 13.0. The number of hydrogen-bond donors (Lipinski definition) is 0. The molecule has 0 aliphatic rings. The normalized spacial score (nSPS) is 12.2. The summed E-state index contributed by atoms with van der Waals surface area (Å²) in [7, 11) is 0. The van der Waals surface area contributed by atoms with Gasteiger partial charge in [0, 0.05) is 0 Å². The van der Waals surface area contributed by atoms with Crippen LogP contribution < -0.4 is 4.40 Å². The zero-order valence-corrected chi connectivity index (χ0v) is 13.1. The summed E-state index contributed by atoms with van der Waals surface area (Å²) >= 11 is 4.17. The van der Waals surface area contributed by atoms with E-state index in [2.05, 4.69) is 36.1 Å². The zero-order valence-electron chi connectivity index (χ0n) is 10.3. The van der Waals surface area contributed by atoms with Crippen LogP contribution in [0.2, 0.25) is 22.4 Å². The standard InChI is InChI=1S/C12H20ClGeN/c1-9(2)6-10-7-12(13)15-8-11(10)14(3,4)5/h7-9H,6H2,1-5H3. The molecule has 1 aromatic heterocycles. The van der Waals surface area contributed by atoms with Crippen LogP contribution in [0.5, 0.6) is 0 Å². The van der Waals surface area contributed by atoms with Crippen LogP contribution in [0.15, 0.2) is 12.3 Å². The van der Waals surface area contributed by atoms with Crippen molar-refractivity contribution in [3.05, 3.63) is 23.0 Å². The molecule has 84 valence electrons. The fourth-order valence-electron chi connectivity index (χ4n) is 1.75. The molecule has 0 spiro atoms. The Hall–Kier alpha value is -0.0171. The van der Waals surface area contributed by atoms with Crippen molar-refractivity contribution in [2.45, 2.75) is 37.5 Å². The van der Waals surface area contributed by atoms with Crippen LogP contribution >= 0.6 is 11.6 Å². The second-order valence-corrected chi connectivity index (χ2v) is 16.5. The van der Waals surface area contributed by atoms with Gasteiger partial charge in [0.05, 0.1) is 0 Å². The molecule has 0 bridgehead atoms. The van der Waals surface area contributed by atoms with Crippen LogP contribution in [-0.2, 0) is 6.42 Å². The first-order valence-electron chi connectivity index (χ1n) is 5.45. The van der Waals surface area contributed by atoms with Crippen molar-refractivity contribution in [1.29, 1.82) is 0 Å². The molecule has 0 aliphatic heterocycles. The SMILES string of the molecule is CC(C)Cc1cc(Cl)nc[c]1[Ge]([CH3])([CH3])[CH3]. The van der Waals surface area contributed by atoms with Gasteiger partial charge in [-0.3, -0.25) is 0 Å². The third-order valence-corrected chi connectivity index (χ3v) is 6.93. The molecule has 0 amide bonds. The molecule has 1 heterocycles. The fraction of sp³-hybridized carbons (Fsp3) is 0.583. The van der Waals surface area contributed by atoms with Crippen LogP contribution in [0.3, 0.4) is 0 Å². The molecule has 0 aromatic carbocycles. The van der Waals surface area contributed by atoms with Crippen molar-refractivity contribution < 1.29 is 0 Å². The Morgan fingerprint density at radius 2 is 1.93 bits per heavy atom. The molecular weight excluding hydrogens is 266 g/mol. The van der Waals surface area contributed by atoms with Gasteiger partial charge in [0.15, 0.2) is 0 Å². The Morgan fingerprint density at radius 1 is 1.33 bits per heavy atom. The van der Waals surface area contributed by atoms with Crippen LogP contribution in [-0.4, -0.2) is 18.3 Å². The van der Waals surface area contributed by atoms with E-state index < -0.39 is 13.3 Å². The van der Waals surface area contributed by atoms with Crippen molar-refractivity contribution in [2.75, 3.05) is 0 Å². The number of nitrogens with zero attached hydrogens (tertiary/aromatic N) is 1. The van der Waals surface area contributed by atoms with E-state index in [0.29, 0.717) is 11.1 Å². The predicted molar refractivity (Wildman–Crippen MR) is 70.8 cm³/mol. The summed E-state index contributed by atoms with van der Waals surface area (Å²) in [5, 5.41) is 0.626. The van der Waals surface area contributed by atoms with Crippen molar-refractivity contribution >= 4 is 29.3 Å². The van der Waals surface area contributed by atoms with E-state index >= 15 is 0 Å². The van der Waals surface area contributed by atoms with Gasteiger partial charge in [0.25, 0.3) is 0 Å². The number of aromatic nitrogens is 1. The molecule has 0 aliphatic carbocycles. The average molecular weight is 286 g/mol. The number of rotatable bonds is 3. The Bertz CT molecular complexity index is 342. The molecule has 1 aromatic rings. The van der Waals surface area contributed by atoms with E-state index in [1.807, 2.05) is 12.3 Å². The maximum atomic E-state index is 5.96. The number of hydrogen-bond acceptors (Lipinski definition) is 1. The van der Waals surface area contributed by atoms with Crippen molar-refractivity contribution in [1.82, 2.24) is 4.98 Å². The molecule has 0 atom stereocenters. The van der Waals surface area contributed by atoms with Crippen LogP contribution in [0.1, 0.15) is 19.4 Å². The number of pyridine rings is 1. The fourth-order valence-corrected chi connectivity index (χ4v) is 5.27. The molecule has 3 heteroatoms. The molecule has 0 fully saturated rings. The summed E-state index contributed by atoms with van der Waals surface area (Å²) in [6, 6.07) is 2.05. The zero-order chi connectivity index (χ0) is 11.6. The van der Waals surface area contributed by atoms with Crippen LogP contribution in [0.4, 0.5) is 0 Å². The average Bonchev–Trinajstić information content (AvgIpc) is 1.99. The second kappa shape index (κ2) is 4.88. The van der Waals surface area contributed by atoms with Gasteiger partial charge in [0.1, 0.15) is 0 Å². The molecule has 15 heavy (non-hydrogen) atoms. The quantitative estimate of drug-likeness (QED) is 0.612. The minimum atomic E-state index is -1.79. The van der Waals surface area contributed by atoms with E-state index in [0.717, 1.165) is 6.42 Å². The monoisotopic (exact) mass is 287 g/mol. The van der Waals surface area contributed by atoms with Gasteiger partial charge in [-0.1, -0.05) is 0 Å². The van der Waals surface area contributed by atoms with Crippen LogP contribution in [0.25, 0.3) is 0 Å². The Balaban J connectivity index is 3.15. The van der Waals surface area contributed by atoms with Crippen LogP contribution in [0, 0.1) is 5.92 Å². The van der Waals surface area contributed by atoms with Gasteiger partial charge in [-0.15, -0.1) is 0 Å². The van der Waals surface area contributed by atoms with E-state index in [9.17, 15) is 0 Å². The molecule has 0 saturated carbocycles. The summed E-state index contributed by atoms with van der Waals surface area (Å²) in [5.41, 5.74) is 1.41. The molecule has 0 saturated heterocycles. The minimum absolute atomic E-state index is 0.626. The summed E-state index contributed by atoms with van der Waals surface area (Å²) in [6.45, 7) is 4.49. The van der Waals surface area contributed by atoms with Crippen molar-refractivity contribution in [3.8, 4) is 0 Å². The van der Waals surface area contributed by atoms with Gasteiger partial charge in [-0.05, 0) is 0 Å². The van der Waals surface area contributed by atoms with E-state index in [-0.39, 0.29) is 0 Å². The van der Waals surface area contributed by atoms with Gasteiger partial charge in [-0.25, -0.2) is 0 Å².